The van der Waals surface area contributed by atoms with Gasteiger partial charge in [-0.3, -0.25) is 9.59 Å². The van der Waals surface area contributed by atoms with E-state index in [4.69, 9.17) is 9.47 Å². The van der Waals surface area contributed by atoms with E-state index in [1.165, 1.54) is 0 Å². The van der Waals surface area contributed by atoms with Crippen LogP contribution >= 0.6 is 0 Å². The maximum absolute atomic E-state index is 13.0. The van der Waals surface area contributed by atoms with Gasteiger partial charge in [-0.1, -0.05) is 6.07 Å². The van der Waals surface area contributed by atoms with E-state index in [0.29, 0.717) is 36.6 Å². The number of benzene rings is 1. The number of carbonyl (C=O) groups excluding carboxylic acids is 1. The average Bonchev–Trinajstić information content (AvgIpc) is 3.39. The Morgan fingerprint density at radius 2 is 2.14 bits per heavy atom. The first-order valence-electron chi connectivity index (χ1n) is 9.47. The molecular formula is C21H20N4O4. The third-order valence-corrected chi connectivity index (χ3v) is 5.40. The van der Waals surface area contributed by atoms with Gasteiger partial charge in [0.05, 0.1) is 18.9 Å². The van der Waals surface area contributed by atoms with Crippen LogP contribution in [0.4, 0.5) is 0 Å². The van der Waals surface area contributed by atoms with Crippen molar-refractivity contribution in [3.05, 3.63) is 75.7 Å². The Morgan fingerprint density at radius 1 is 1.28 bits per heavy atom. The lowest BCUT2D eigenvalue weighted by molar-refractivity contribution is 0.0934. The van der Waals surface area contributed by atoms with Gasteiger partial charge in [-0.05, 0) is 36.2 Å². The Morgan fingerprint density at radius 3 is 3.00 bits per heavy atom. The standard InChI is InChI=1S/C21H20N4O4/c1-13-4-5-24(9-14-2-3-17-18(6-14)29-12-28-17)21(27)19(13)20(26)23-15-7-16-8-22-11-25(16)10-15/h2-6,8,11,15H,7,9-10,12H2,1H3,(H,23,26). The van der Waals surface area contributed by atoms with Gasteiger partial charge in [-0.2, -0.15) is 0 Å². The Hall–Kier alpha value is -3.55. The van der Waals surface area contributed by atoms with E-state index in [2.05, 4.69) is 10.3 Å². The van der Waals surface area contributed by atoms with Gasteiger partial charge in [0.25, 0.3) is 11.5 Å². The molecule has 0 radical (unpaired) electrons. The largest absolute Gasteiger partial charge is 0.454 e. The van der Waals surface area contributed by atoms with E-state index in [1.54, 1.807) is 36.3 Å². The molecule has 8 heteroatoms. The Bertz CT molecular complexity index is 1140. The number of imidazole rings is 1. The number of ether oxygens (including phenoxy) is 2. The summed E-state index contributed by atoms with van der Waals surface area (Å²) < 4.78 is 14.3. The van der Waals surface area contributed by atoms with Gasteiger partial charge in [-0.15, -0.1) is 0 Å². The second-order valence-electron chi connectivity index (χ2n) is 7.41. The molecule has 1 N–H and O–H groups in total. The summed E-state index contributed by atoms with van der Waals surface area (Å²) >= 11 is 0. The highest BCUT2D eigenvalue weighted by molar-refractivity contribution is 5.95. The molecule has 0 bridgehead atoms. The van der Waals surface area contributed by atoms with Crippen molar-refractivity contribution in [2.75, 3.05) is 6.79 Å². The maximum Gasteiger partial charge on any atom is 0.263 e. The van der Waals surface area contributed by atoms with Crippen LogP contribution < -0.4 is 20.3 Å². The fourth-order valence-corrected chi connectivity index (χ4v) is 3.89. The first-order chi connectivity index (χ1) is 14.1. The highest BCUT2D eigenvalue weighted by atomic mass is 16.7. The zero-order chi connectivity index (χ0) is 20.0. The smallest absolute Gasteiger partial charge is 0.263 e. The molecule has 3 aromatic rings. The third kappa shape index (κ3) is 3.16. The molecule has 2 aliphatic rings. The fourth-order valence-electron chi connectivity index (χ4n) is 3.89. The van der Waals surface area contributed by atoms with Crippen LogP contribution in [0.25, 0.3) is 0 Å². The summed E-state index contributed by atoms with van der Waals surface area (Å²) in [5, 5.41) is 3.00. The highest BCUT2D eigenvalue weighted by Crippen LogP contribution is 2.32. The lowest BCUT2D eigenvalue weighted by Gasteiger charge is -2.15. The van der Waals surface area contributed by atoms with Crippen molar-refractivity contribution in [1.82, 2.24) is 19.4 Å². The number of hydrogen-bond acceptors (Lipinski definition) is 5. The van der Waals surface area contributed by atoms with Crippen molar-refractivity contribution in [2.24, 2.45) is 0 Å². The lowest BCUT2D eigenvalue weighted by Crippen LogP contribution is -2.40. The van der Waals surface area contributed by atoms with Crippen LogP contribution in [0.15, 0.2) is 47.8 Å². The van der Waals surface area contributed by atoms with E-state index in [-0.39, 0.29) is 29.9 Å². The number of aromatic nitrogens is 3. The normalized spacial score (nSPS) is 16.7. The first-order valence-corrected chi connectivity index (χ1v) is 9.47. The van der Waals surface area contributed by atoms with E-state index in [1.807, 2.05) is 22.8 Å². The predicted molar refractivity (Wildman–Crippen MR) is 104 cm³/mol. The van der Waals surface area contributed by atoms with Crippen molar-refractivity contribution in [3.63, 3.8) is 0 Å². The minimum atomic E-state index is -0.337. The molecule has 2 aliphatic heterocycles. The summed E-state index contributed by atoms with van der Waals surface area (Å²) in [5.41, 5.74) is 2.52. The van der Waals surface area contributed by atoms with Crippen molar-refractivity contribution in [3.8, 4) is 11.5 Å². The summed E-state index contributed by atoms with van der Waals surface area (Å²) in [5.74, 6) is 1.03. The minimum Gasteiger partial charge on any atom is -0.454 e. The summed E-state index contributed by atoms with van der Waals surface area (Å²) in [6.07, 6.45) is 5.99. The molecule has 0 spiro atoms. The second-order valence-corrected chi connectivity index (χ2v) is 7.41. The number of aryl methyl sites for hydroxylation is 1. The number of nitrogens with one attached hydrogen (secondary N) is 1. The molecular weight excluding hydrogens is 372 g/mol. The quantitative estimate of drug-likeness (QED) is 0.727. The van der Waals surface area contributed by atoms with Gasteiger partial charge in [0.15, 0.2) is 11.5 Å². The Balaban J connectivity index is 1.37. The molecule has 4 heterocycles. The maximum atomic E-state index is 13.0. The summed E-state index contributed by atoms with van der Waals surface area (Å²) in [7, 11) is 0. The summed E-state index contributed by atoms with van der Waals surface area (Å²) in [6, 6.07) is 7.33. The molecule has 0 aliphatic carbocycles. The van der Waals surface area contributed by atoms with Crippen LogP contribution in [0, 0.1) is 6.92 Å². The number of fused-ring (bicyclic) bond motifs is 2. The van der Waals surface area contributed by atoms with Gasteiger partial charge >= 0.3 is 0 Å². The topological polar surface area (TPSA) is 87.4 Å². The van der Waals surface area contributed by atoms with E-state index in [9.17, 15) is 9.59 Å². The van der Waals surface area contributed by atoms with Crippen molar-refractivity contribution in [2.45, 2.75) is 32.5 Å². The molecule has 1 atom stereocenters. The molecule has 0 saturated heterocycles. The Kier molecular flexibility index (Phi) is 4.12. The summed E-state index contributed by atoms with van der Waals surface area (Å²) in [6.45, 7) is 2.99. The molecule has 0 saturated carbocycles. The zero-order valence-corrected chi connectivity index (χ0v) is 15.9. The van der Waals surface area contributed by atoms with E-state index < -0.39 is 0 Å². The number of rotatable bonds is 4. The number of carbonyl (C=O) groups is 1. The van der Waals surface area contributed by atoms with Crippen LogP contribution in [0.2, 0.25) is 0 Å². The zero-order valence-electron chi connectivity index (χ0n) is 15.9. The molecule has 1 aromatic carbocycles. The molecule has 1 amide bonds. The molecule has 29 heavy (non-hydrogen) atoms. The molecule has 2 aromatic heterocycles. The Labute approximate surface area is 166 Å². The van der Waals surface area contributed by atoms with Crippen LogP contribution in [0.5, 0.6) is 11.5 Å². The minimum absolute atomic E-state index is 0.0400. The first kappa shape index (κ1) is 17.5. The van der Waals surface area contributed by atoms with Gasteiger partial charge in [0, 0.05) is 31.1 Å². The monoisotopic (exact) mass is 392 g/mol. The number of hydrogen-bond donors (Lipinski definition) is 1. The molecule has 8 nitrogen and oxygen atoms in total. The van der Waals surface area contributed by atoms with E-state index in [0.717, 1.165) is 11.3 Å². The fraction of sp³-hybridized carbons (Fsp3) is 0.286. The van der Waals surface area contributed by atoms with Crippen LogP contribution in [-0.4, -0.2) is 32.9 Å². The lowest BCUT2D eigenvalue weighted by atomic mass is 10.1. The number of pyridine rings is 1. The van der Waals surface area contributed by atoms with Gasteiger partial charge in [0.2, 0.25) is 6.79 Å². The van der Waals surface area contributed by atoms with Crippen LogP contribution in [0.3, 0.4) is 0 Å². The number of amides is 1. The average molecular weight is 392 g/mol. The number of nitrogens with zero attached hydrogens (tertiary/aromatic N) is 3. The molecule has 5 rings (SSSR count). The molecule has 0 fully saturated rings. The van der Waals surface area contributed by atoms with Crippen molar-refractivity contribution in [1.29, 1.82) is 0 Å². The van der Waals surface area contributed by atoms with E-state index >= 15 is 0 Å². The van der Waals surface area contributed by atoms with Crippen LogP contribution in [-0.2, 0) is 19.5 Å². The predicted octanol–water partition coefficient (Wildman–Crippen LogP) is 1.48. The molecule has 1 unspecified atom stereocenters. The van der Waals surface area contributed by atoms with Gasteiger partial charge < -0.3 is 23.9 Å². The summed E-state index contributed by atoms with van der Waals surface area (Å²) in [4.78, 5) is 30.0. The van der Waals surface area contributed by atoms with Gasteiger partial charge in [0.1, 0.15) is 5.56 Å². The van der Waals surface area contributed by atoms with Crippen molar-refractivity contribution >= 4 is 5.91 Å². The molecule has 148 valence electrons. The highest BCUT2D eigenvalue weighted by Gasteiger charge is 2.25. The van der Waals surface area contributed by atoms with Crippen molar-refractivity contribution < 1.29 is 14.3 Å². The SMILES string of the molecule is Cc1ccn(Cc2ccc3c(c2)OCO3)c(=O)c1C(=O)NC1Cc2cncn2C1. The third-order valence-electron chi connectivity index (χ3n) is 5.40. The van der Waals surface area contributed by atoms with Gasteiger partial charge in [-0.25, -0.2) is 4.98 Å². The second kappa shape index (κ2) is 6.80. The van der Waals surface area contributed by atoms with Crippen LogP contribution in [0.1, 0.15) is 27.2 Å².